The van der Waals surface area contributed by atoms with Crippen molar-refractivity contribution < 1.29 is 9.53 Å². The molecule has 0 fully saturated rings. The zero-order valence-corrected chi connectivity index (χ0v) is 15.8. The van der Waals surface area contributed by atoms with E-state index in [-0.39, 0.29) is 5.91 Å². The summed E-state index contributed by atoms with van der Waals surface area (Å²) in [6.45, 7) is 3.10. The molecule has 0 aliphatic carbocycles. The number of carbonyl (C=O) groups is 1. The third kappa shape index (κ3) is 3.53. The Bertz CT molecular complexity index is 775. The number of amides is 1. The second kappa shape index (κ2) is 7.78. The maximum Gasteiger partial charge on any atom is 0.252 e. The molecular weight excluding hydrogens is 330 g/mol. The van der Waals surface area contributed by atoms with Gasteiger partial charge >= 0.3 is 0 Å². The summed E-state index contributed by atoms with van der Waals surface area (Å²) < 4.78 is 5.32. The van der Waals surface area contributed by atoms with E-state index in [4.69, 9.17) is 14.7 Å². The molecule has 0 spiro atoms. The molecule has 2 aromatic heterocycles. The number of rotatable bonds is 5. The predicted molar refractivity (Wildman–Crippen MR) is 99.8 cm³/mol. The van der Waals surface area contributed by atoms with Crippen molar-refractivity contribution in [2.24, 2.45) is 0 Å². The van der Waals surface area contributed by atoms with Crippen LogP contribution in [0.15, 0.2) is 24.5 Å². The number of anilines is 1. The standard InChI is InChI=1S/C19H25N5O2/c1-5-16(26-4)19(25)24-11-8-14-15(12-24)21-17(22-18(14)23(2)3)13-6-9-20-10-7-13/h6-7,9-10,16H,5,8,11-12H2,1-4H3. The van der Waals surface area contributed by atoms with E-state index in [0.29, 0.717) is 25.3 Å². The topological polar surface area (TPSA) is 71.5 Å². The van der Waals surface area contributed by atoms with Gasteiger partial charge in [-0.05, 0) is 25.0 Å². The number of hydrogen-bond acceptors (Lipinski definition) is 6. The van der Waals surface area contributed by atoms with Crippen LogP contribution in [0.5, 0.6) is 0 Å². The van der Waals surface area contributed by atoms with Crippen LogP contribution in [0, 0.1) is 0 Å². The van der Waals surface area contributed by atoms with Crippen LogP contribution in [0.4, 0.5) is 5.82 Å². The molecule has 2 aromatic rings. The Kier molecular flexibility index (Phi) is 5.46. The second-order valence-corrected chi connectivity index (χ2v) is 6.57. The van der Waals surface area contributed by atoms with Crippen molar-refractivity contribution in [2.75, 3.05) is 32.6 Å². The van der Waals surface area contributed by atoms with Gasteiger partial charge in [-0.2, -0.15) is 0 Å². The summed E-state index contributed by atoms with van der Waals surface area (Å²) in [5, 5.41) is 0. The van der Waals surface area contributed by atoms with Crippen molar-refractivity contribution in [3.8, 4) is 11.4 Å². The molecule has 3 rings (SSSR count). The lowest BCUT2D eigenvalue weighted by Gasteiger charge is -2.32. The first kappa shape index (κ1) is 18.3. The van der Waals surface area contributed by atoms with Crippen LogP contribution >= 0.6 is 0 Å². The van der Waals surface area contributed by atoms with E-state index in [1.165, 1.54) is 0 Å². The van der Waals surface area contributed by atoms with Crippen molar-refractivity contribution in [2.45, 2.75) is 32.4 Å². The molecular formula is C19H25N5O2. The molecule has 1 unspecified atom stereocenters. The number of hydrogen-bond donors (Lipinski definition) is 0. The third-order valence-corrected chi connectivity index (χ3v) is 4.65. The van der Waals surface area contributed by atoms with Crippen LogP contribution in [0.2, 0.25) is 0 Å². The van der Waals surface area contributed by atoms with Crippen LogP contribution in [0.3, 0.4) is 0 Å². The number of methoxy groups -OCH3 is 1. The molecule has 0 radical (unpaired) electrons. The van der Waals surface area contributed by atoms with Crippen LogP contribution in [0.25, 0.3) is 11.4 Å². The minimum absolute atomic E-state index is 0.0242. The van der Waals surface area contributed by atoms with E-state index >= 15 is 0 Å². The van der Waals surface area contributed by atoms with Gasteiger partial charge in [0, 0.05) is 51.3 Å². The monoisotopic (exact) mass is 355 g/mol. The Hall–Kier alpha value is -2.54. The van der Waals surface area contributed by atoms with Gasteiger partial charge < -0.3 is 14.5 Å². The quantitative estimate of drug-likeness (QED) is 0.816. The SMILES string of the molecule is CCC(OC)C(=O)N1CCc2c(nc(-c3ccncc3)nc2N(C)C)C1. The van der Waals surface area contributed by atoms with Gasteiger partial charge in [0.25, 0.3) is 5.91 Å². The Morgan fingerprint density at radius 3 is 2.65 bits per heavy atom. The number of ether oxygens (including phenoxy) is 1. The minimum atomic E-state index is -0.397. The van der Waals surface area contributed by atoms with E-state index in [1.54, 1.807) is 19.5 Å². The molecule has 0 saturated heterocycles. The van der Waals surface area contributed by atoms with Gasteiger partial charge in [-0.1, -0.05) is 6.92 Å². The van der Waals surface area contributed by atoms with Gasteiger partial charge in [0.1, 0.15) is 11.9 Å². The van der Waals surface area contributed by atoms with Crippen molar-refractivity contribution in [3.05, 3.63) is 35.8 Å². The third-order valence-electron chi connectivity index (χ3n) is 4.65. The van der Waals surface area contributed by atoms with Crippen molar-refractivity contribution in [1.29, 1.82) is 0 Å². The highest BCUT2D eigenvalue weighted by Gasteiger charge is 2.29. The first-order valence-electron chi connectivity index (χ1n) is 8.84. The van der Waals surface area contributed by atoms with E-state index in [0.717, 1.165) is 29.1 Å². The second-order valence-electron chi connectivity index (χ2n) is 6.57. The van der Waals surface area contributed by atoms with Gasteiger partial charge in [-0.15, -0.1) is 0 Å². The lowest BCUT2D eigenvalue weighted by atomic mass is 10.0. The number of aromatic nitrogens is 3. The lowest BCUT2D eigenvalue weighted by Crippen LogP contribution is -2.43. The van der Waals surface area contributed by atoms with Gasteiger partial charge in [-0.3, -0.25) is 9.78 Å². The number of carbonyl (C=O) groups excluding carboxylic acids is 1. The lowest BCUT2D eigenvalue weighted by molar-refractivity contribution is -0.143. The average molecular weight is 355 g/mol. The molecule has 0 saturated carbocycles. The molecule has 26 heavy (non-hydrogen) atoms. The maximum atomic E-state index is 12.7. The van der Waals surface area contributed by atoms with E-state index in [2.05, 4.69) is 4.98 Å². The molecule has 7 heteroatoms. The molecule has 1 atom stereocenters. The molecule has 0 N–H and O–H groups in total. The van der Waals surface area contributed by atoms with Crippen LogP contribution in [0.1, 0.15) is 24.6 Å². The highest BCUT2D eigenvalue weighted by atomic mass is 16.5. The van der Waals surface area contributed by atoms with Crippen molar-refractivity contribution in [3.63, 3.8) is 0 Å². The summed E-state index contributed by atoms with van der Waals surface area (Å²) in [7, 11) is 5.54. The zero-order valence-electron chi connectivity index (χ0n) is 15.8. The fourth-order valence-corrected chi connectivity index (χ4v) is 3.24. The first-order chi connectivity index (χ1) is 12.5. The summed E-state index contributed by atoms with van der Waals surface area (Å²) in [5.74, 6) is 1.59. The first-order valence-corrected chi connectivity index (χ1v) is 8.84. The largest absolute Gasteiger partial charge is 0.372 e. The van der Waals surface area contributed by atoms with Crippen molar-refractivity contribution >= 4 is 11.7 Å². The van der Waals surface area contributed by atoms with Crippen LogP contribution < -0.4 is 4.90 Å². The van der Waals surface area contributed by atoms with E-state index in [1.807, 2.05) is 43.0 Å². The van der Waals surface area contributed by atoms with Crippen molar-refractivity contribution in [1.82, 2.24) is 19.9 Å². The summed E-state index contributed by atoms with van der Waals surface area (Å²) in [6, 6.07) is 3.79. The maximum absolute atomic E-state index is 12.7. The van der Waals surface area contributed by atoms with Crippen LogP contribution in [-0.4, -0.2) is 59.6 Å². The summed E-state index contributed by atoms with van der Waals surface area (Å²) in [4.78, 5) is 30.1. The molecule has 1 aliphatic heterocycles. The van der Waals surface area contributed by atoms with Gasteiger partial charge in [0.2, 0.25) is 0 Å². The number of nitrogens with zero attached hydrogens (tertiary/aromatic N) is 5. The smallest absolute Gasteiger partial charge is 0.252 e. The Balaban J connectivity index is 1.98. The summed E-state index contributed by atoms with van der Waals surface area (Å²) in [6.07, 6.45) is 4.46. The molecule has 7 nitrogen and oxygen atoms in total. The van der Waals surface area contributed by atoms with Gasteiger partial charge in [0.05, 0.1) is 12.2 Å². The fourth-order valence-electron chi connectivity index (χ4n) is 3.24. The van der Waals surface area contributed by atoms with E-state index in [9.17, 15) is 4.79 Å². The highest BCUT2D eigenvalue weighted by Crippen LogP contribution is 2.28. The number of pyridine rings is 1. The molecule has 0 aromatic carbocycles. The highest BCUT2D eigenvalue weighted by molar-refractivity contribution is 5.81. The predicted octanol–water partition coefficient (Wildman–Crippen LogP) is 1.91. The summed E-state index contributed by atoms with van der Waals surface area (Å²) >= 11 is 0. The van der Waals surface area contributed by atoms with Crippen LogP contribution in [-0.2, 0) is 22.5 Å². The van der Waals surface area contributed by atoms with Gasteiger partial charge in [0.15, 0.2) is 5.82 Å². The number of fused-ring (bicyclic) bond motifs is 1. The molecule has 138 valence electrons. The Labute approximate surface area is 154 Å². The van der Waals surface area contributed by atoms with Gasteiger partial charge in [-0.25, -0.2) is 9.97 Å². The molecule has 0 bridgehead atoms. The Morgan fingerprint density at radius 2 is 2.04 bits per heavy atom. The normalized spacial score (nSPS) is 14.7. The molecule has 3 heterocycles. The summed E-state index contributed by atoms with van der Waals surface area (Å²) in [5.41, 5.74) is 2.93. The average Bonchev–Trinajstić information content (AvgIpc) is 2.68. The fraction of sp³-hybridized carbons (Fsp3) is 0.474. The zero-order chi connectivity index (χ0) is 18.7. The van der Waals surface area contributed by atoms with E-state index < -0.39 is 6.10 Å². The molecule has 1 amide bonds. The minimum Gasteiger partial charge on any atom is -0.372 e. The Morgan fingerprint density at radius 1 is 1.31 bits per heavy atom. The molecule has 1 aliphatic rings.